The molecular weight excluding hydrogens is 694 g/mol. The Morgan fingerprint density at radius 1 is 0.959 bits per heavy atom. The van der Waals surface area contributed by atoms with Crippen LogP contribution in [0.3, 0.4) is 0 Å². The number of anilines is 2. The van der Waals surface area contributed by atoms with Gasteiger partial charge in [0.2, 0.25) is 15.9 Å². The van der Waals surface area contributed by atoms with Crippen molar-refractivity contribution in [3.8, 4) is 11.6 Å². The van der Waals surface area contributed by atoms with Crippen molar-refractivity contribution in [3.63, 3.8) is 0 Å². The first kappa shape index (κ1) is 38.0. The monoisotopic (exact) mass is 732 g/mol. The van der Waals surface area contributed by atoms with Crippen LogP contribution in [-0.2, 0) is 21.3 Å². The summed E-state index contributed by atoms with van der Waals surface area (Å²) >= 11 is 0. The molecule has 0 radical (unpaired) electrons. The summed E-state index contributed by atoms with van der Waals surface area (Å²) < 4.78 is 52.5. The molecule has 0 saturated carbocycles. The molecule has 0 unspecified atom stereocenters. The first-order valence-corrected chi connectivity index (χ1v) is 17.0. The molecule has 2 aromatic carbocycles. The van der Waals surface area contributed by atoms with Crippen LogP contribution in [0.1, 0.15) is 24.1 Å². The van der Waals surface area contributed by atoms with Crippen LogP contribution in [0.15, 0.2) is 90.1 Å². The Morgan fingerprint density at radius 2 is 1.69 bits per heavy atom. The van der Waals surface area contributed by atoms with Crippen LogP contribution in [-0.4, -0.2) is 79.1 Å². The molecule has 2 aliphatic heterocycles. The highest BCUT2D eigenvalue weighted by Gasteiger charge is 2.30. The molecule has 4 aromatic rings. The van der Waals surface area contributed by atoms with Crippen LogP contribution in [0.2, 0.25) is 0 Å². The summed E-state index contributed by atoms with van der Waals surface area (Å²) in [5.41, 5.74) is 2.94. The van der Waals surface area contributed by atoms with E-state index >= 15 is 0 Å². The molecule has 49 heavy (non-hydrogen) atoms. The molecule has 2 aliphatic rings. The number of carbonyl (C=O) groups is 1. The Labute approximate surface area is 298 Å². The second-order valence-electron chi connectivity index (χ2n) is 11.6. The zero-order valence-electron chi connectivity index (χ0n) is 26.9. The van der Waals surface area contributed by atoms with E-state index in [0.717, 1.165) is 24.3 Å². The van der Waals surface area contributed by atoms with Gasteiger partial charge in [0.15, 0.2) is 0 Å². The predicted molar refractivity (Wildman–Crippen MR) is 190 cm³/mol. The van der Waals surface area contributed by atoms with Crippen molar-refractivity contribution < 1.29 is 27.1 Å². The van der Waals surface area contributed by atoms with Gasteiger partial charge in [-0.15, -0.1) is 24.8 Å². The number of morpholine rings is 1. The second kappa shape index (κ2) is 17.2. The van der Waals surface area contributed by atoms with Crippen molar-refractivity contribution >= 4 is 52.2 Å². The van der Waals surface area contributed by atoms with Gasteiger partial charge in [0.1, 0.15) is 11.6 Å². The van der Waals surface area contributed by atoms with Gasteiger partial charge in [-0.3, -0.25) is 14.8 Å². The predicted octanol–water partition coefficient (Wildman–Crippen LogP) is 6.28. The maximum atomic E-state index is 14.2. The molecule has 0 atom stereocenters. The van der Waals surface area contributed by atoms with E-state index in [2.05, 4.69) is 20.2 Å². The van der Waals surface area contributed by atoms with Crippen LogP contribution in [0.25, 0.3) is 0 Å². The number of pyridine rings is 2. The SMILES string of the molecule is Cc1ccc(NC(=O)N(c2cccc(F)c2)C2CCN(Cc3ccc(Oc4ccc(S(=O)(=O)N5CCOCC5)cc4)nc3)CC2)cn1.Cl.Cl. The minimum atomic E-state index is -3.58. The Bertz CT molecular complexity index is 1770. The van der Waals surface area contributed by atoms with E-state index < -0.39 is 15.8 Å². The van der Waals surface area contributed by atoms with Crippen molar-refractivity contribution in [1.29, 1.82) is 0 Å². The van der Waals surface area contributed by atoms with Crippen molar-refractivity contribution in [2.24, 2.45) is 0 Å². The van der Waals surface area contributed by atoms with E-state index in [0.29, 0.717) is 68.7 Å². The summed E-state index contributed by atoms with van der Waals surface area (Å²) in [6.45, 7) is 5.50. The highest BCUT2D eigenvalue weighted by molar-refractivity contribution is 7.89. The average Bonchev–Trinajstić information content (AvgIpc) is 3.08. The van der Waals surface area contributed by atoms with Gasteiger partial charge in [-0.2, -0.15) is 4.31 Å². The van der Waals surface area contributed by atoms with E-state index in [9.17, 15) is 17.6 Å². The number of carbonyl (C=O) groups excluding carboxylic acids is 1. The zero-order valence-corrected chi connectivity index (χ0v) is 29.4. The quantitative estimate of drug-likeness (QED) is 0.214. The molecule has 2 aromatic heterocycles. The van der Waals surface area contributed by atoms with Gasteiger partial charge in [-0.25, -0.2) is 22.6 Å². The number of aromatic nitrogens is 2. The number of rotatable bonds is 9. The molecular formula is C34H39Cl2FN6O5S. The molecule has 15 heteroatoms. The molecule has 6 rings (SSSR count). The van der Waals surface area contributed by atoms with Gasteiger partial charge >= 0.3 is 6.03 Å². The summed E-state index contributed by atoms with van der Waals surface area (Å²) in [6.07, 6.45) is 4.80. The van der Waals surface area contributed by atoms with E-state index in [1.54, 1.807) is 53.7 Å². The smallest absolute Gasteiger partial charge is 0.326 e. The molecule has 262 valence electrons. The molecule has 1 N–H and O–H groups in total. The standard InChI is InChI=1S/C34H37FN6O5S.2ClH/c1-25-5-7-28(23-36-25)38-34(42)41(30-4-2-3-27(35)21-30)29-13-15-39(16-14-29)24-26-6-12-33(37-22-26)46-31-8-10-32(11-9-31)47(43,44)40-17-19-45-20-18-40;;/h2-12,21-23,29H,13-20,24H2,1H3,(H,38,42);2*1H. The van der Waals surface area contributed by atoms with Crippen LogP contribution in [0.5, 0.6) is 11.6 Å². The number of benzene rings is 2. The number of likely N-dealkylation sites (tertiary alicyclic amines) is 1. The first-order valence-electron chi connectivity index (χ1n) is 15.6. The highest BCUT2D eigenvalue weighted by Crippen LogP contribution is 2.28. The van der Waals surface area contributed by atoms with Crippen LogP contribution < -0.4 is 15.0 Å². The van der Waals surface area contributed by atoms with E-state index in [1.165, 1.54) is 28.6 Å². The lowest BCUT2D eigenvalue weighted by Gasteiger charge is -2.38. The molecule has 2 fully saturated rings. The normalized spacial score (nSPS) is 15.8. The molecule has 11 nitrogen and oxygen atoms in total. The Hall–Kier alpha value is -3.85. The number of urea groups is 1. The molecule has 2 amide bonds. The zero-order chi connectivity index (χ0) is 32.8. The summed E-state index contributed by atoms with van der Waals surface area (Å²) in [4.78, 5) is 26.3. The second-order valence-corrected chi connectivity index (χ2v) is 13.5. The van der Waals surface area contributed by atoms with Gasteiger partial charge in [-0.05, 0) is 79.9 Å². The lowest BCUT2D eigenvalue weighted by Crippen LogP contribution is -2.49. The van der Waals surface area contributed by atoms with Crippen molar-refractivity contribution in [3.05, 3.63) is 102 Å². The summed E-state index contributed by atoms with van der Waals surface area (Å²) in [5.74, 6) is 0.485. The molecule has 0 spiro atoms. The number of nitrogens with zero attached hydrogens (tertiary/aromatic N) is 5. The summed E-state index contributed by atoms with van der Waals surface area (Å²) in [7, 11) is -3.58. The minimum absolute atomic E-state index is 0. The van der Waals surface area contributed by atoms with Crippen LogP contribution in [0.4, 0.5) is 20.6 Å². The number of hydrogen-bond donors (Lipinski definition) is 1. The summed E-state index contributed by atoms with van der Waals surface area (Å²) in [5, 5.41) is 2.92. The third-order valence-corrected chi connectivity index (χ3v) is 10.2. The molecule has 4 heterocycles. The fraction of sp³-hybridized carbons (Fsp3) is 0.324. The van der Waals surface area contributed by atoms with E-state index in [-0.39, 0.29) is 41.8 Å². The fourth-order valence-electron chi connectivity index (χ4n) is 5.74. The van der Waals surface area contributed by atoms with E-state index in [4.69, 9.17) is 9.47 Å². The Morgan fingerprint density at radius 3 is 2.33 bits per heavy atom. The van der Waals surface area contributed by atoms with Crippen molar-refractivity contribution in [1.82, 2.24) is 19.2 Å². The largest absolute Gasteiger partial charge is 0.439 e. The van der Waals surface area contributed by atoms with Gasteiger partial charge in [0, 0.05) is 62.4 Å². The van der Waals surface area contributed by atoms with Crippen molar-refractivity contribution in [2.75, 3.05) is 49.6 Å². The lowest BCUT2D eigenvalue weighted by molar-refractivity contribution is 0.0730. The number of piperidine rings is 1. The topological polar surface area (TPSA) is 117 Å². The van der Waals surface area contributed by atoms with Gasteiger partial charge < -0.3 is 14.8 Å². The van der Waals surface area contributed by atoms with Gasteiger partial charge in [0.05, 0.1) is 30.0 Å². The number of sulfonamides is 1. The van der Waals surface area contributed by atoms with Crippen LogP contribution in [0, 0.1) is 12.7 Å². The number of halogens is 3. The number of ether oxygens (including phenoxy) is 2. The minimum Gasteiger partial charge on any atom is -0.439 e. The molecule has 0 bridgehead atoms. The van der Waals surface area contributed by atoms with Crippen molar-refractivity contribution in [2.45, 2.75) is 37.2 Å². The Kier molecular flexibility index (Phi) is 13.3. The van der Waals surface area contributed by atoms with Gasteiger partial charge in [-0.1, -0.05) is 12.1 Å². The van der Waals surface area contributed by atoms with Gasteiger partial charge in [0.25, 0.3) is 0 Å². The third-order valence-electron chi connectivity index (χ3n) is 8.25. The fourth-order valence-corrected chi connectivity index (χ4v) is 7.15. The highest BCUT2D eigenvalue weighted by atomic mass is 35.5. The Balaban J connectivity index is 0.00000270. The molecule has 0 aliphatic carbocycles. The number of nitrogens with one attached hydrogen (secondary N) is 1. The molecule has 2 saturated heterocycles. The van der Waals surface area contributed by atoms with E-state index in [1.807, 2.05) is 19.1 Å². The number of amides is 2. The number of hydrogen-bond acceptors (Lipinski definition) is 8. The average molecular weight is 734 g/mol. The lowest BCUT2D eigenvalue weighted by atomic mass is 10.0. The maximum absolute atomic E-state index is 14.2. The first-order chi connectivity index (χ1) is 22.7. The van der Waals surface area contributed by atoms with Crippen LogP contribution >= 0.6 is 24.8 Å². The maximum Gasteiger partial charge on any atom is 0.326 e. The number of aryl methyl sites for hydroxylation is 1. The summed E-state index contributed by atoms with van der Waals surface area (Å²) in [6, 6.07) is 19.4. The third kappa shape index (κ3) is 9.65.